The van der Waals surface area contributed by atoms with Crippen molar-refractivity contribution < 1.29 is 17.9 Å². The van der Waals surface area contributed by atoms with E-state index in [-0.39, 0.29) is 24.6 Å². The Labute approximate surface area is 162 Å². The van der Waals surface area contributed by atoms with Crippen LogP contribution in [0.5, 0.6) is 5.75 Å². The van der Waals surface area contributed by atoms with E-state index in [1.54, 1.807) is 0 Å². The van der Waals surface area contributed by atoms with Crippen molar-refractivity contribution in [3.8, 4) is 17.0 Å². The van der Waals surface area contributed by atoms with Crippen LogP contribution in [0.2, 0.25) is 0 Å². The predicted octanol–water partition coefficient (Wildman–Crippen LogP) is 1.87. The van der Waals surface area contributed by atoms with Crippen LogP contribution in [-0.2, 0) is 21.1 Å². The van der Waals surface area contributed by atoms with Gasteiger partial charge in [-0.15, -0.1) is 23.7 Å². The van der Waals surface area contributed by atoms with E-state index < -0.39 is 21.8 Å². The monoisotopic (exact) mass is 417 g/mol. The van der Waals surface area contributed by atoms with E-state index in [0.29, 0.717) is 11.7 Å². The first-order chi connectivity index (χ1) is 11.8. The lowest BCUT2D eigenvalue weighted by atomic mass is 10.1. The number of hydrogen-bond donors (Lipinski definition) is 2. The van der Waals surface area contributed by atoms with E-state index in [1.165, 1.54) is 11.3 Å². The highest BCUT2D eigenvalue weighted by molar-refractivity contribution is 7.90. The van der Waals surface area contributed by atoms with Gasteiger partial charge in [0.15, 0.2) is 5.13 Å². The van der Waals surface area contributed by atoms with E-state index in [2.05, 4.69) is 10.3 Å². The van der Waals surface area contributed by atoms with Gasteiger partial charge in [-0.2, -0.15) is 0 Å². The highest BCUT2D eigenvalue weighted by Crippen LogP contribution is 2.31. The van der Waals surface area contributed by atoms with Gasteiger partial charge in [-0.3, -0.25) is 4.79 Å². The number of carbonyl (C=O) groups excluding carboxylic acids is 1. The zero-order valence-electron chi connectivity index (χ0n) is 14.1. The largest absolute Gasteiger partial charge is 0.493 e. The highest BCUT2D eigenvalue weighted by atomic mass is 35.5. The van der Waals surface area contributed by atoms with Crippen LogP contribution >= 0.6 is 23.7 Å². The van der Waals surface area contributed by atoms with E-state index in [9.17, 15) is 13.2 Å². The van der Waals surface area contributed by atoms with Gasteiger partial charge in [0.05, 0.1) is 24.1 Å². The molecule has 7 nitrogen and oxygen atoms in total. The molecule has 2 heterocycles. The number of rotatable bonds is 6. The second-order valence-electron chi connectivity index (χ2n) is 5.97. The van der Waals surface area contributed by atoms with Gasteiger partial charge in [0.25, 0.3) is 0 Å². The Morgan fingerprint density at radius 2 is 2.23 bits per heavy atom. The number of fused-ring (bicyclic) bond motifs is 1. The van der Waals surface area contributed by atoms with E-state index in [4.69, 9.17) is 10.5 Å². The molecular weight excluding hydrogens is 398 g/mol. The van der Waals surface area contributed by atoms with E-state index in [1.807, 2.05) is 23.6 Å². The molecule has 1 atom stereocenters. The number of halogens is 1. The lowest BCUT2D eigenvalue weighted by Crippen LogP contribution is -2.37. The van der Waals surface area contributed by atoms with Gasteiger partial charge in [0, 0.05) is 23.6 Å². The minimum absolute atomic E-state index is 0. The number of anilines is 1. The number of carbonyl (C=O) groups is 1. The molecule has 1 aliphatic rings. The number of ether oxygens (including phenoxy) is 1. The zero-order valence-corrected chi connectivity index (χ0v) is 16.5. The summed E-state index contributed by atoms with van der Waals surface area (Å²) in [5, 5.41) is 4.94. The second kappa shape index (κ2) is 8.34. The van der Waals surface area contributed by atoms with Crippen molar-refractivity contribution >= 4 is 44.6 Å². The molecule has 0 aliphatic carbocycles. The number of nitrogens with one attached hydrogen (secondary N) is 1. The smallest absolute Gasteiger partial charge is 0.243 e. The van der Waals surface area contributed by atoms with Crippen LogP contribution in [0.4, 0.5) is 5.13 Å². The fraction of sp³-hybridized carbons (Fsp3) is 0.375. The van der Waals surface area contributed by atoms with Crippen LogP contribution in [0, 0.1) is 0 Å². The molecular formula is C16H20ClN3O4S2. The topological polar surface area (TPSA) is 111 Å². The predicted molar refractivity (Wildman–Crippen MR) is 105 cm³/mol. The first-order valence-electron chi connectivity index (χ1n) is 7.77. The quantitative estimate of drug-likeness (QED) is 0.742. The Bertz CT molecular complexity index is 899. The maximum Gasteiger partial charge on any atom is 0.243 e. The molecule has 1 aromatic heterocycles. The Hall–Kier alpha value is -1.68. The van der Waals surface area contributed by atoms with Gasteiger partial charge >= 0.3 is 0 Å². The third kappa shape index (κ3) is 5.16. The molecule has 0 bridgehead atoms. The highest BCUT2D eigenvalue weighted by Gasteiger charge is 2.18. The summed E-state index contributed by atoms with van der Waals surface area (Å²) >= 11 is 1.30. The van der Waals surface area contributed by atoms with E-state index in [0.717, 1.165) is 35.2 Å². The number of sulfone groups is 1. The summed E-state index contributed by atoms with van der Waals surface area (Å²) in [6.45, 7) is 0.697. The Morgan fingerprint density at radius 1 is 1.46 bits per heavy atom. The lowest BCUT2D eigenvalue weighted by molar-refractivity contribution is -0.117. The molecule has 0 saturated heterocycles. The van der Waals surface area contributed by atoms with Gasteiger partial charge in [0.1, 0.15) is 15.6 Å². The van der Waals surface area contributed by atoms with Crippen molar-refractivity contribution in [2.45, 2.75) is 18.9 Å². The summed E-state index contributed by atoms with van der Waals surface area (Å²) in [5.41, 5.74) is 8.61. The zero-order chi connectivity index (χ0) is 18.0. The SMILES string of the molecule is CS(=O)(=O)CCC(N)C(=O)Nc1nc(-c2ccc3c(c2)CCO3)cs1.Cl. The van der Waals surface area contributed by atoms with Crippen molar-refractivity contribution in [3.63, 3.8) is 0 Å². The first kappa shape index (κ1) is 20.6. The van der Waals surface area contributed by atoms with E-state index >= 15 is 0 Å². The standard InChI is InChI=1S/C16H19N3O4S2.ClH/c1-25(21,22)7-5-12(17)15(20)19-16-18-13(9-24-16)10-2-3-14-11(8-10)4-6-23-14;/h2-3,8-9,12H,4-7,17H2,1H3,(H,18,19,20);1H. The van der Waals surface area contributed by atoms with Crippen LogP contribution in [-0.4, -0.2) is 44.0 Å². The van der Waals surface area contributed by atoms with Crippen molar-refractivity contribution in [2.24, 2.45) is 5.73 Å². The Kier molecular flexibility index (Phi) is 6.62. The number of benzene rings is 1. The number of thiazole rings is 1. The van der Waals surface area contributed by atoms with Gasteiger partial charge in [-0.05, 0) is 30.2 Å². The first-order valence-corrected chi connectivity index (χ1v) is 10.7. The number of hydrogen-bond acceptors (Lipinski definition) is 7. The van der Waals surface area contributed by atoms with Crippen LogP contribution in [0.15, 0.2) is 23.6 Å². The van der Waals surface area contributed by atoms with Crippen molar-refractivity contribution in [1.82, 2.24) is 4.98 Å². The minimum Gasteiger partial charge on any atom is -0.493 e. The third-order valence-electron chi connectivity index (χ3n) is 3.86. The third-order valence-corrected chi connectivity index (χ3v) is 5.59. The molecule has 26 heavy (non-hydrogen) atoms. The summed E-state index contributed by atoms with van der Waals surface area (Å²) < 4.78 is 27.8. The molecule has 3 rings (SSSR count). The van der Waals surface area contributed by atoms with Crippen LogP contribution < -0.4 is 15.8 Å². The molecule has 1 aromatic carbocycles. The summed E-state index contributed by atoms with van der Waals surface area (Å²) in [5.74, 6) is 0.346. The second-order valence-corrected chi connectivity index (χ2v) is 9.09. The molecule has 0 spiro atoms. The van der Waals surface area contributed by atoms with Crippen LogP contribution in [0.3, 0.4) is 0 Å². The van der Waals surface area contributed by atoms with Crippen LogP contribution in [0.1, 0.15) is 12.0 Å². The average molecular weight is 418 g/mol. The summed E-state index contributed by atoms with van der Waals surface area (Å²) in [4.78, 5) is 16.5. The molecule has 0 fully saturated rings. The number of nitrogens with two attached hydrogens (primary N) is 1. The summed E-state index contributed by atoms with van der Waals surface area (Å²) in [6.07, 6.45) is 2.08. The molecule has 2 aromatic rings. The molecule has 1 aliphatic heterocycles. The van der Waals surface area contributed by atoms with Crippen molar-refractivity contribution in [3.05, 3.63) is 29.1 Å². The molecule has 1 amide bonds. The van der Waals surface area contributed by atoms with Gasteiger partial charge < -0.3 is 15.8 Å². The number of nitrogens with zero attached hydrogens (tertiary/aromatic N) is 1. The lowest BCUT2D eigenvalue weighted by Gasteiger charge is -2.09. The molecule has 0 radical (unpaired) electrons. The van der Waals surface area contributed by atoms with Crippen molar-refractivity contribution in [2.75, 3.05) is 23.9 Å². The molecule has 1 unspecified atom stereocenters. The van der Waals surface area contributed by atoms with Gasteiger partial charge in [0.2, 0.25) is 5.91 Å². The fourth-order valence-electron chi connectivity index (χ4n) is 2.48. The van der Waals surface area contributed by atoms with Crippen LogP contribution in [0.25, 0.3) is 11.3 Å². The Morgan fingerprint density at radius 3 is 2.96 bits per heavy atom. The van der Waals surface area contributed by atoms with Gasteiger partial charge in [-0.1, -0.05) is 0 Å². The van der Waals surface area contributed by atoms with Crippen molar-refractivity contribution in [1.29, 1.82) is 0 Å². The molecule has 10 heteroatoms. The maximum atomic E-state index is 12.0. The molecule has 142 valence electrons. The average Bonchev–Trinajstić information content (AvgIpc) is 3.19. The normalized spacial score (nSPS) is 14.1. The molecule has 0 saturated carbocycles. The molecule has 3 N–H and O–H groups in total. The number of amides is 1. The van der Waals surface area contributed by atoms with Gasteiger partial charge in [-0.25, -0.2) is 13.4 Å². The fourth-order valence-corrected chi connectivity index (χ4v) is 3.88. The maximum absolute atomic E-state index is 12.0. The summed E-state index contributed by atoms with van der Waals surface area (Å²) in [7, 11) is -3.15. The minimum atomic E-state index is -3.15. The Balaban J connectivity index is 0.00000243. The summed E-state index contributed by atoms with van der Waals surface area (Å²) in [6, 6.07) is 5.01. The number of aromatic nitrogens is 1.